The monoisotopic (exact) mass is 467 g/mol. The molecule has 10 heteroatoms. The van der Waals surface area contributed by atoms with E-state index in [4.69, 9.17) is 27.9 Å². The number of non-ortho nitro benzene ring substituents is 1. The number of ether oxygens (including phenoxy) is 1. The number of halogens is 2. The van der Waals surface area contributed by atoms with E-state index in [0.717, 1.165) is 12.8 Å². The van der Waals surface area contributed by atoms with E-state index in [1.54, 1.807) is 18.2 Å². The Morgan fingerprint density at radius 1 is 1.19 bits per heavy atom. The van der Waals surface area contributed by atoms with Crippen LogP contribution in [0.2, 0.25) is 10.0 Å². The van der Waals surface area contributed by atoms with Gasteiger partial charge in [-0.1, -0.05) is 23.2 Å². The molecule has 0 unspecified atom stereocenters. The quantitative estimate of drug-likeness (QED) is 0.406. The fourth-order valence-corrected chi connectivity index (χ4v) is 4.27. The minimum absolute atomic E-state index is 0.0793. The molecule has 1 aliphatic rings. The van der Waals surface area contributed by atoms with Crippen molar-refractivity contribution in [2.45, 2.75) is 44.4 Å². The molecule has 1 amide bonds. The number of nitro groups is 1. The molecule has 0 heterocycles. The molecule has 1 aliphatic carbocycles. The Morgan fingerprint density at radius 3 is 2.42 bits per heavy atom. The van der Waals surface area contributed by atoms with Crippen LogP contribution < -0.4 is 15.4 Å². The third kappa shape index (κ3) is 5.78. The number of methoxy groups -OCH3 is 1. The number of hydrogen-bond acceptors (Lipinski definition) is 6. The molecule has 0 saturated heterocycles. The van der Waals surface area contributed by atoms with Crippen LogP contribution >= 0.6 is 23.2 Å². The minimum atomic E-state index is -0.541. The summed E-state index contributed by atoms with van der Waals surface area (Å²) in [6.07, 6.45) is 2.54. The van der Waals surface area contributed by atoms with E-state index in [1.807, 2.05) is 0 Å². The molecule has 1 saturated carbocycles. The predicted octanol–water partition coefficient (Wildman–Crippen LogP) is 4.56. The summed E-state index contributed by atoms with van der Waals surface area (Å²) in [5.74, 6) is -0.119. The van der Waals surface area contributed by atoms with Crippen molar-refractivity contribution >= 4 is 40.5 Å². The second-order valence-electron chi connectivity index (χ2n) is 7.41. The molecule has 31 heavy (non-hydrogen) atoms. The first kappa shape index (κ1) is 23.1. The molecule has 0 atom stereocenters. The number of aliphatic hydroxyl groups excluding tert-OH is 1. The van der Waals surface area contributed by atoms with E-state index in [1.165, 1.54) is 19.2 Å². The van der Waals surface area contributed by atoms with E-state index in [-0.39, 0.29) is 29.9 Å². The van der Waals surface area contributed by atoms with Crippen LogP contribution in [0.4, 0.5) is 11.4 Å². The number of carbonyl (C=O) groups excluding carboxylic acids is 1. The molecule has 0 radical (unpaired) electrons. The molecule has 2 aromatic carbocycles. The Morgan fingerprint density at radius 2 is 1.84 bits per heavy atom. The minimum Gasteiger partial charge on any atom is -0.494 e. The van der Waals surface area contributed by atoms with Gasteiger partial charge >= 0.3 is 0 Å². The maximum absolute atomic E-state index is 12.9. The maximum atomic E-state index is 12.9. The summed E-state index contributed by atoms with van der Waals surface area (Å²) in [6.45, 7) is 0.125. The maximum Gasteiger partial charge on any atom is 0.270 e. The molecular weight excluding hydrogens is 445 g/mol. The lowest BCUT2D eigenvalue weighted by atomic mass is 9.92. The first-order chi connectivity index (χ1) is 14.8. The van der Waals surface area contributed by atoms with Gasteiger partial charge in [-0.2, -0.15) is 0 Å². The zero-order valence-electron chi connectivity index (χ0n) is 16.9. The molecule has 3 rings (SSSR count). The summed E-state index contributed by atoms with van der Waals surface area (Å²) < 4.78 is 5.12. The van der Waals surface area contributed by atoms with Crippen molar-refractivity contribution in [2.24, 2.45) is 0 Å². The van der Waals surface area contributed by atoms with E-state index in [9.17, 15) is 20.0 Å². The zero-order valence-corrected chi connectivity index (χ0v) is 18.4. The predicted molar refractivity (Wildman–Crippen MR) is 119 cm³/mol. The molecule has 2 aromatic rings. The van der Waals surface area contributed by atoms with E-state index in [0.29, 0.717) is 39.9 Å². The molecule has 8 nitrogen and oxygen atoms in total. The van der Waals surface area contributed by atoms with Crippen molar-refractivity contribution in [1.29, 1.82) is 0 Å². The summed E-state index contributed by atoms with van der Waals surface area (Å²) in [5.41, 5.74) is 1.16. The van der Waals surface area contributed by atoms with Gasteiger partial charge in [0.25, 0.3) is 11.6 Å². The first-order valence-electron chi connectivity index (χ1n) is 9.81. The fourth-order valence-electron chi connectivity index (χ4n) is 3.59. The van der Waals surface area contributed by atoms with Gasteiger partial charge in [0.05, 0.1) is 33.7 Å². The van der Waals surface area contributed by atoms with Crippen LogP contribution in [0.25, 0.3) is 0 Å². The molecule has 0 aliphatic heterocycles. The van der Waals surface area contributed by atoms with Crippen molar-refractivity contribution in [1.82, 2.24) is 5.32 Å². The van der Waals surface area contributed by atoms with Gasteiger partial charge < -0.3 is 20.5 Å². The lowest BCUT2D eigenvalue weighted by Crippen LogP contribution is -2.30. The normalized spacial score (nSPS) is 18.3. The number of nitrogens with one attached hydrogen (secondary N) is 2. The van der Waals surface area contributed by atoms with Crippen LogP contribution in [-0.2, 0) is 6.54 Å². The highest BCUT2D eigenvalue weighted by Gasteiger charge is 2.23. The largest absolute Gasteiger partial charge is 0.494 e. The van der Waals surface area contributed by atoms with Gasteiger partial charge in [-0.25, -0.2) is 0 Å². The Hall–Kier alpha value is -2.55. The molecule has 0 spiro atoms. The summed E-state index contributed by atoms with van der Waals surface area (Å²) >= 11 is 12.3. The van der Waals surface area contributed by atoms with Gasteiger partial charge in [-0.3, -0.25) is 14.9 Å². The highest BCUT2D eigenvalue weighted by Crippen LogP contribution is 2.34. The van der Waals surface area contributed by atoms with Crippen molar-refractivity contribution in [3.05, 3.63) is 61.6 Å². The van der Waals surface area contributed by atoms with Crippen molar-refractivity contribution in [2.75, 3.05) is 12.4 Å². The third-order valence-electron chi connectivity index (χ3n) is 5.23. The molecule has 0 bridgehead atoms. The number of hydrogen-bond donors (Lipinski definition) is 3. The smallest absolute Gasteiger partial charge is 0.270 e. The SMILES string of the molecule is COc1c(Cl)cc(CNC(=O)c2cc([N+](=O)[O-])ccc2N[C@H]2CC[C@H](O)CC2)cc1Cl. The van der Waals surface area contributed by atoms with Gasteiger partial charge in [0.15, 0.2) is 5.75 Å². The third-order valence-corrected chi connectivity index (χ3v) is 5.79. The number of amides is 1. The molecular formula is C21H23Cl2N3O5. The average Bonchev–Trinajstić information content (AvgIpc) is 2.73. The van der Waals surface area contributed by atoms with E-state index < -0.39 is 10.8 Å². The Labute approximate surface area is 189 Å². The van der Waals surface area contributed by atoms with Crippen LogP contribution in [0.5, 0.6) is 5.75 Å². The van der Waals surface area contributed by atoms with Crippen molar-refractivity contribution in [3.63, 3.8) is 0 Å². The van der Waals surface area contributed by atoms with Crippen molar-refractivity contribution < 1.29 is 19.6 Å². The number of nitrogens with zero attached hydrogens (tertiary/aromatic N) is 1. The standard InChI is InChI=1S/C21H23Cl2N3O5/c1-31-20-17(22)8-12(9-18(20)23)11-24-21(28)16-10-14(26(29)30)4-7-19(16)25-13-2-5-15(27)6-3-13/h4,7-10,13,15,25,27H,2-3,5-6,11H2,1H3,(H,24,28)/t13-,15-. The van der Waals surface area contributed by atoms with Gasteiger partial charge in [0.1, 0.15) is 0 Å². The zero-order chi connectivity index (χ0) is 22.5. The van der Waals surface area contributed by atoms with E-state index in [2.05, 4.69) is 10.6 Å². The number of rotatable bonds is 7. The molecule has 1 fully saturated rings. The second kappa shape index (κ2) is 10.2. The lowest BCUT2D eigenvalue weighted by molar-refractivity contribution is -0.384. The Bertz CT molecular complexity index is 954. The number of nitro benzene ring substituents is 1. The highest BCUT2D eigenvalue weighted by molar-refractivity contribution is 6.37. The summed E-state index contributed by atoms with van der Waals surface area (Å²) in [4.78, 5) is 23.6. The first-order valence-corrected chi connectivity index (χ1v) is 10.6. The number of aliphatic hydroxyl groups is 1. The van der Waals surface area contributed by atoms with Crippen LogP contribution in [0.15, 0.2) is 30.3 Å². The summed E-state index contributed by atoms with van der Waals surface area (Å²) in [6, 6.07) is 7.50. The summed E-state index contributed by atoms with van der Waals surface area (Å²) in [7, 11) is 1.46. The van der Waals surface area contributed by atoms with Gasteiger partial charge in [-0.05, 0) is 49.4 Å². The number of carbonyl (C=O) groups is 1. The average molecular weight is 468 g/mol. The van der Waals surface area contributed by atoms with Gasteiger partial charge in [0, 0.05) is 30.4 Å². The number of benzene rings is 2. The molecule has 3 N–H and O–H groups in total. The fraction of sp³-hybridized carbons (Fsp3) is 0.381. The summed E-state index contributed by atoms with van der Waals surface area (Å²) in [5, 5.41) is 27.6. The topological polar surface area (TPSA) is 114 Å². The van der Waals surface area contributed by atoms with Crippen LogP contribution in [0.1, 0.15) is 41.6 Å². The highest BCUT2D eigenvalue weighted by atomic mass is 35.5. The van der Waals surface area contributed by atoms with Crippen LogP contribution in [0, 0.1) is 10.1 Å². The Balaban J connectivity index is 1.78. The molecule has 166 valence electrons. The Kier molecular flexibility index (Phi) is 7.59. The molecule has 0 aromatic heterocycles. The van der Waals surface area contributed by atoms with Gasteiger partial charge in [-0.15, -0.1) is 0 Å². The lowest BCUT2D eigenvalue weighted by Gasteiger charge is -2.27. The number of anilines is 1. The van der Waals surface area contributed by atoms with Crippen LogP contribution in [0.3, 0.4) is 0 Å². The van der Waals surface area contributed by atoms with E-state index >= 15 is 0 Å². The van der Waals surface area contributed by atoms with Crippen molar-refractivity contribution in [3.8, 4) is 5.75 Å². The second-order valence-corrected chi connectivity index (χ2v) is 8.23. The van der Waals surface area contributed by atoms with Crippen LogP contribution in [-0.4, -0.2) is 35.2 Å². The van der Waals surface area contributed by atoms with Gasteiger partial charge in [0.2, 0.25) is 0 Å².